The number of carbonyl (C=O) groups excluding carboxylic acids is 1. The standard InChI is InChI=1S/C3N6O13/c10-1(2(4(11)12,5(13)14)6(15)16)3(7(17)18,8(19)20)9(21)22. The van der Waals surface area contributed by atoms with Crippen molar-refractivity contribution in [3.63, 3.8) is 0 Å². The summed E-state index contributed by atoms with van der Waals surface area (Å²) in [6.45, 7) is 0. The molecule has 19 heteroatoms. The molecule has 0 aliphatic heterocycles. The van der Waals surface area contributed by atoms with Crippen LogP contribution in [0.15, 0.2) is 0 Å². The molecule has 0 unspecified atom stereocenters. The topological polar surface area (TPSA) is 276 Å². The van der Waals surface area contributed by atoms with E-state index in [1.165, 1.54) is 0 Å². The molecule has 0 aliphatic carbocycles. The number of ketones is 1. The Labute approximate surface area is 114 Å². The molecule has 0 N–H and O–H groups in total. The third-order valence-corrected chi connectivity index (χ3v) is 2.14. The lowest BCUT2D eigenvalue weighted by Crippen LogP contribution is -2.72. The maximum Gasteiger partial charge on any atom is 0.786 e. The Kier molecular flexibility index (Phi) is 4.28. The van der Waals surface area contributed by atoms with Crippen LogP contribution in [0.1, 0.15) is 0 Å². The second-order valence-corrected chi connectivity index (χ2v) is 3.14. The molecule has 22 heavy (non-hydrogen) atoms. The van der Waals surface area contributed by atoms with Crippen LogP contribution in [0.4, 0.5) is 0 Å². The van der Waals surface area contributed by atoms with Crippen LogP contribution in [0.5, 0.6) is 0 Å². The number of hydrogen-bond acceptors (Lipinski definition) is 13. The van der Waals surface area contributed by atoms with Gasteiger partial charge >= 0.3 is 17.4 Å². The Hall–Kier alpha value is -3.93. The third-order valence-electron chi connectivity index (χ3n) is 2.14. The minimum atomic E-state index is -5.41. The highest BCUT2D eigenvalue weighted by molar-refractivity contribution is 5.88. The third kappa shape index (κ3) is 1.88. The summed E-state index contributed by atoms with van der Waals surface area (Å²) in [7, 11) is 0. The van der Waals surface area contributed by atoms with Crippen molar-refractivity contribution in [3.05, 3.63) is 60.7 Å². The van der Waals surface area contributed by atoms with Gasteiger partial charge in [0.25, 0.3) is 0 Å². The largest absolute Gasteiger partial charge is 0.786 e. The molecule has 120 valence electrons. The molecule has 0 saturated heterocycles. The summed E-state index contributed by atoms with van der Waals surface area (Å²) in [4.78, 5) is 58.7. The van der Waals surface area contributed by atoms with E-state index in [4.69, 9.17) is 0 Å². The molecule has 0 saturated carbocycles. The Morgan fingerprint density at radius 3 is 0.727 bits per heavy atom. The van der Waals surface area contributed by atoms with E-state index in [9.17, 15) is 65.5 Å². The number of nitrogens with zero attached hydrogens (tertiary/aromatic N) is 6. The van der Waals surface area contributed by atoms with E-state index in [1.807, 2.05) is 0 Å². The van der Waals surface area contributed by atoms with Gasteiger partial charge in [0.2, 0.25) is 0 Å². The number of carbonyl (C=O) groups is 1. The second-order valence-electron chi connectivity index (χ2n) is 3.14. The molecule has 0 aromatic heterocycles. The monoisotopic (exact) mass is 328 g/mol. The lowest BCUT2D eigenvalue weighted by molar-refractivity contribution is -0.979. The second kappa shape index (κ2) is 5.22. The fourth-order valence-electron chi connectivity index (χ4n) is 1.12. The smallest absolute Gasteiger partial charge is 0.252 e. The average Bonchev–Trinajstić information content (AvgIpc) is 2.26. The summed E-state index contributed by atoms with van der Waals surface area (Å²) < 4.78 is 0. The van der Waals surface area contributed by atoms with Gasteiger partial charge in [0, 0.05) is 0 Å². The van der Waals surface area contributed by atoms with Crippen LogP contribution in [0.25, 0.3) is 0 Å². The van der Waals surface area contributed by atoms with Crippen molar-refractivity contribution in [2.24, 2.45) is 0 Å². The van der Waals surface area contributed by atoms with Crippen LogP contribution in [-0.4, -0.2) is 46.9 Å². The van der Waals surface area contributed by atoms with Crippen molar-refractivity contribution in [2.75, 3.05) is 0 Å². The average molecular weight is 328 g/mol. The first-order chi connectivity index (χ1) is 9.81. The first kappa shape index (κ1) is 18.1. The van der Waals surface area contributed by atoms with E-state index < -0.39 is 46.9 Å². The molecular weight excluding hydrogens is 328 g/mol. The van der Waals surface area contributed by atoms with Crippen LogP contribution in [0.3, 0.4) is 0 Å². The molecular formula is C3N6O13. The van der Waals surface area contributed by atoms with Crippen LogP contribution in [-0.2, 0) is 4.79 Å². The molecule has 0 rings (SSSR count). The van der Waals surface area contributed by atoms with Gasteiger partial charge < -0.3 is 0 Å². The van der Waals surface area contributed by atoms with Gasteiger partial charge in [-0.3, -0.25) is 65.5 Å². The van der Waals surface area contributed by atoms with Gasteiger partial charge in [-0.25, -0.2) is 0 Å². The van der Waals surface area contributed by atoms with Crippen LogP contribution in [0.2, 0.25) is 0 Å². The molecule has 0 heterocycles. The molecule has 0 fully saturated rings. The van der Waals surface area contributed by atoms with E-state index in [2.05, 4.69) is 0 Å². The molecule has 0 spiro atoms. The fraction of sp³-hybridized carbons (Fsp3) is 0.667. The number of nitro groups is 6. The predicted molar refractivity (Wildman–Crippen MR) is 52.4 cm³/mol. The zero-order chi connectivity index (χ0) is 18.0. The van der Waals surface area contributed by atoms with Gasteiger partial charge in [0.05, 0.1) is 0 Å². The molecule has 0 aromatic carbocycles. The summed E-state index contributed by atoms with van der Waals surface area (Å²) >= 11 is 0. The van der Waals surface area contributed by atoms with E-state index in [0.29, 0.717) is 0 Å². The van der Waals surface area contributed by atoms with E-state index in [1.54, 1.807) is 0 Å². The SMILES string of the molecule is O=C(C([N+](=O)[O-])([N+](=O)[O-])[N+](=O)[O-])C([N+](=O)[O-])([N+](=O)[O-])[N+](=O)[O-]. The van der Waals surface area contributed by atoms with Crippen molar-refractivity contribution in [2.45, 2.75) is 11.6 Å². The summed E-state index contributed by atoms with van der Waals surface area (Å²) in [5, 5.41) is 63.0. The highest BCUT2D eigenvalue weighted by Gasteiger charge is 2.99. The highest BCUT2D eigenvalue weighted by atomic mass is 16.8. The Morgan fingerprint density at radius 1 is 0.500 bits per heavy atom. The van der Waals surface area contributed by atoms with Crippen molar-refractivity contribution in [1.82, 2.24) is 0 Å². The number of rotatable bonds is 8. The maximum atomic E-state index is 11.5. The minimum Gasteiger partial charge on any atom is -0.252 e. The van der Waals surface area contributed by atoms with Gasteiger partial charge in [-0.2, -0.15) is 0 Å². The van der Waals surface area contributed by atoms with Gasteiger partial charge in [-0.05, 0) is 0 Å². The Morgan fingerprint density at radius 2 is 0.636 bits per heavy atom. The fourth-order valence-corrected chi connectivity index (χ4v) is 1.12. The Balaban J connectivity index is 6.96. The van der Waals surface area contributed by atoms with Crippen LogP contribution < -0.4 is 0 Å². The molecule has 0 radical (unpaired) electrons. The molecule has 0 amide bonds. The van der Waals surface area contributed by atoms with Crippen LogP contribution in [0, 0.1) is 60.7 Å². The summed E-state index contributed by atoms with van der Waals surface area (Å²) in [6, 6.07) is 0. The van der Waals surface area contributed by atoms with Gasteiger partial charge in [-0.1, -0.05) is 0 Å². The van der Waals surface area contributed by atoms with Crippen molar-refractivity contribution in [3.8, 4) is 0 Å². The van der Waals surface area contributed by atoms with Gasteiger partial charge in [0.1, 0.15) is 0 Å². The van der Waals surface area contributed by atoms with Crippen molar-refractivity contribution in [1.29, 1.82) is 0 Å². The molecule has 0 atom stereocenters. The first-order valence-electron chi connectivity index (χ1n) is 4.24. The molecule has 0 aliphatic rings. The summed E-state index contributed by atoms with van der Waals surface area (Å²) in [5.74, 6) is -14.5. The van der Waals surface area contributed by atoms with Crippen molar-refractivity contribution < 1.29 is 34.3 Å². The maximum absolute atomic E-state index is 11.5. The molecule has 0 bridgehead atoms. The lowest BCUT2D eigenvalue weighted by Gasteiger charge is -2.09. The highest BCUT2D eigenvalue weighted by Crippen LogP contribution is 2.25. The lowest BCUT2D eigenvalue weighted by atomic mass is 10.1. The number of hydrogen-bond donors (Lipinski definition) is 0. The van der Waals surface area contributed by atoms with Crippen LogP contribution >= 0.6 is 0 Å². The number of Topliss-reactive ketones (excluding diaryl/α,β-unsaturated/α-hetero) is 1. The van der Waals surface area contributed by atoms with Gasteiger partial charge in [-0.15, -0.1) is 0 Å². The Bertz CT molecular complexity index is 495. The zero-order valence-corrected chi connectivity index (χ0v) is 9.49. The summed E-state index contributed by atoms with van der Waals surface area (Å²) in [6.07, 6.45) is 0. The minimum absolute atomic E-state index is 2.62. The van der Waals surface area contributed by atoms with Gasteiger partial charge in [0.15, 0.2) is 29.5 Å². The van der Waals surface area contributed by atoms with E-state index in [-0.39, 0.29) is 0 Å². The van der Waals surface area contributed by atoms with E-state index >= 15 is 0 Å². The van der Waals surface area contributed by atoms with E-state index in [0.717, 1.165) is 0 Å². The predicted octanol–water partition coefficient (Wildman–Crippen LogP) is -2.48. The summed E-state index contributed by atoms with van der Waals surface area (Å²) in [5.41, 5.74) is 0. The zero-order valence-electron chi connectivity index (χ0n) is 9.49. The normalized spacial score (nSPS) is 11.3. The van der Waals surface area contributed by atoms with Crippen molar-refractivity contribution >= 4 is 5.78 Å². The molecule has 19 nitrogen and oxygen atoms in total. The quantitative estimate of drug-likeness (QED) is 0.253. The molecule has 0 aromatic rings. The first-order valence-corrected chi connectivity index (χ1v) is 4.24.